The fourth-order valence-electron chi connectivity index (χ4n) is 2.75. The SMILES string of the molecule is CC(=O)C1(C)CCC(C)(C)c2ccccc21. The monoisotopic (exact) mass is 216 g/mol. The quantitative estimate of drug-likeness (QED) is 0.701. The van der Waals surface area contributed by atoms with Crippen molar-refractivity contribution >= 4 is 5.78 Å². The zero-order valence-corrected chi connectivity index (χ0v) is 10.6. The summed E-state index contributed by atoms with van der Waals surface area (Å²) >= 11 is 0. The van der Waals surface area contributed by atoms with Gasteiger partial charge in [0.05, 0.1) is 5.41 Å². The van der Waals surface area contributed by atoms with Gasteiger partial charge in [-0.2, -0.15) is 0 Å². The van der Waals surface area contributed by atoms with Crippen molar-refractivity contribution in [2.45, 2.75) is 51.4 Å². The maximum Gasteiger partial charge on any atom is 0.140 e. The number of Topliss-reactive ketones (excluding diaryl/α,β-unsaturated/α-hetero) is 1. The molecule has 0 aromatic heterocycles. The van der Waals surface area contributed by atoms with Crippen molar-refractivity contribution in [3.63, 3.8) is 0 Å². The topological polar surface area (TPSA) is 17.1 Å². The van der Waals surface area contributed by atoms with Crippen LogP contribution in [0.2, 0.25) is 0 Å². The Bertz CT molecular complexity index is 431. The molecule has 0 heterocycles. The van der Waals surface area contributed by atoms with Crippen LogP contribution in [0.25, 0.3) is 0 Å². The van der Waals surface area contributed by atoms with E-state index in [1.54, 1.807) is 6.92 Å². The van der Waals surface area contributed by atoms with Crippen LogP contribution in [-0.4, -0.2) is 5.78 Å². The second-order valence-electron chi connectivity index (χ2n) is 5.82. The van der Waals surface area contributed by atoms with Crippen LogP contribution < -0.4 is 0 Å². The number of hydrogen-bond donors (Lipinski definition) is 0. The molecule has 1 aromatic carbocycles. The van der Waals surface area contributed by atoms with E-state index in [0.717, 1.165) is 12.8 Å². The van der Waals surface area contributed by atoms with E-state index in [9.17, 15) is 4.79 Å². The lowest BCUT2D eigenvalue weighted by molar-refractivity contribution is -0.122. The first-order valence-electron chi connectivity index (χ1n) is 5.99. The number of fused-ring (bicyclic) bond motifs is 1. The molecule has 1 nitrogen and oxygen atoms in total. The first-order chi connectivity index (χ1) is 7.38. The van der Waals surface area contributed by atoms with Gasteiger partial charge in [0.1, 0.15) is 5.78 Å². The van der Waals surface area contributed by atoms with Crippen LogP contribution in [0.1, 0.15) is 51.7 Å². The summed E-state index contributed by atoms with van der Waals surface area (Å²) in [7, 11) is 0. The molecular formula is C15H20O. The molecule has 1 aliphatic carbocycles. The fourth-order valence-corrected chi connectivity index (χ4v) is 2.75. The highest BCUT2D eigenvalue weighted by molar-refractivity contribution is 5.88. The van der Waals surface area contributed by atoms with Gasteiger partial charge in [-0.25, -0.2) is 0 Å². The summed E-state index contributed by atoms with van der Waals surface area (Å²) < 4.78 is 0. The minimum Gasteiger partial charge on any atom is -0.299 e. The van der Waals surface area contributed by atoms with Crippen LogP contribution in [-0.2, 0) is 15.6 Å². The minimum atomic E-state index is -0.272. The highest BCUT2D eigenvalue weighted by Gasteiger charge is 2.42. The number of benzene rings is 1. The Hall–Kier alpha value is -1.11. The van der Waals surface area contributed by atoms with Crippen molar-refractivity contribution in [2.24, 2.45) is 0 Å². The Morgan fingerprint density at radius 1 is 1.06 bits per heavy atom. The average Bonchev–Trinajstić information content (AvgIpc) is 2.24. The molecule has 1 unspecified atom stereocenters. The average molecular weight is 216 g/mol. The van der Waals surface area contributed by atoms with Gasteiger partial charge in [-0.3, -0.25) is 4.79 Å². The van der Waals surface area contributed by atoms with E-state index in [1.807, 2.05) is 6.07 Å². The number of rotatable bonds is 1. The molecule has 0 radical (unpaired) electrons. The first kappa shape index (κ1) is 11.4. The molecule has 0 aliphatic heterocycles. The van der Waals surface area contributed by atoms with Gasteiger partial charge in [-0.05, 0) is 43.2 Å². The third-order valence-electron chi connectivity index (χ3n) is 4.28. The van der Waals surface area contributed by atoms with Crippen LogP contribution in [0.4, 0.5) is 0 Å². The van der Waals surface area contributed by atoms with Gasteiger partial charge in [0.2, 0.25) is 0 Å². The number of carbonyl (C=O) groups excluding carboxylic acids is 1. The summed E-state index contributed by atoms with van der Waals surface area (Å²) in [5.41, 5.74) is 2.51. The summed E-state index contributed by atoms with van der Waals surface area (Å²) in [4.78, 5) is 11.9. The predicted octanol–water partition coefficient (Wildman–Crippen LogP) is 3.60. The Labute approximate surface area is 97.9 Å². The third kappa shape index (κ3) is 1.50. The maximum absolute atomic E-state index is 11.9. The molecule has 0 fully saturated rings. The van der Waals surface area contributed by atoms with Crippen molar-refractivity contribution in [3.8, 4) is 0 Å². The number of ketones is 1. The molecule has 0 saturated carbocycles. The van der Waals surface area contributed by atoms with Crippen LogP contribution in [0.5, 0.6) is 0 Å². The van der Waals surface area contributed by atoms with Gasteiger partial charge in [-0.15, -0.1) is 0 Å². The van der Waals surface area contributed by atoms with Gasteiger partial charge < -0.3 is 0 Å². The van der Waals surface area contributed by atoms with E-state index in [0.29, 0.717) is 0 Å². The van der Waals surface area contributed by atoms with Crippen molar-refractivity contribution < 1.29 is 4.79 Å². The molecule has 0 saturated heterocycles. The van der Waals surface area contributed by atoms with E-state index < -0.39 is 0 Å². The van der Waals surface area contributed by atoms with Gasteiger partial charge in [0, 0.05) is 0 Å². The van der Waals surface area contributed by atoms with Gasteiger partial charge in [-0.1, -0.05) is 38.1 Å². The first-order valence-corrected chi connectivity index (χ1v) is 5.99. The van der Waals surface area contributed by atoms with Crippen molar-refractivity contribution in [2.75, 3.05) is 0 Å². The smallest absolute Gasteiger partial charge is 0.140 e. The Morgan fingerprint density at radius 3 is 2.19 bits per heavy atom. The van der Waals surface area contributed by atoms with Crippen LogP contribution in [0.15, 0.2) is 24.3 Å². The zero-order valence-electron chi connectivity index (χ0n) is 10.6. The zero-order chi connectivity index (χ0) is 12.0. The third-order valence-corrected chi connectivity index (χ3v) is 4.28. The van der Waals surface area contributed by atoms with Gasteiger partial charge in [0.25, 0.3) is 0 Å². The molecule has 2 rings (SSSR count). The van der Waals surface area contributed by atoms with E-state index in [4.69, 9.17) is 0 Å². The van der Waals surface area contributed by atoms with Crippen LogP contribution >= 0.6 is 0 Å². The Balaban J connectivity index is 2.64. The Kier molecular flexibility index (Phi) is 2.45. The normalized spacial score (nSPS) is 27.2. The molecule has 0 N–H and O–H groups in total. The summed E-state index contributed by atoms with van der Waals surface area (Å²) in [5, 5.41) is 0. The lowest BCUT2D eigenvalue weighted by Gasteiger charge is -2.42. The van der Waals surface area contributed by atoms with E-state index in [-0.39, 0.29) is 16.6 Å². The van der Waals surface area contributed by atoms with Crippen molar-refractivity contribution in [3.05, 3.63) is 35.4 Å². The molecule has 1 heteroatoms. The molecule has 0 spiro atoms. The largest absolute Gasteiger partial charge is 0.299 e. The highest BCUT2D eigenvalue weighted by atomic mass is 16.1. The summed E-state index contributed by atoms with van der Waals surface area (Å²) in [6, 6.07) is 8.42. The second-order valence-corrected chi connectivity index (χ2v) is 5.82. The fraction of sp³-hybridized carbons (Fsp3) is 0.533. The molecule has 1 aromatic rings. The molecule has 1 atom stereocenters. The number of hydrogen-bond acceptors (Lipinski definition) is 1. The Morgan fingerprint density at radius 2 is 1.62 bits per heavy atom. The van der Waals surface area contributed by atoms with E-state index >= 15 is 0 Å². The predicted molar refractivity (Wildman–Crippen MR) is 66.7 cm³/mol. The molecule has 16 heavy (non-hydrogen) atoms. The summed E-state index contributed by atoms with van der Waals surface area (Å²) in [6.45, 7) is 8.34. The van der Waals surface area contributed by atoms with Crippen LogP contribution in [0.3, 0.4) is 0 Å². The van der Waals surface area contributed by atoms with Crippen molar-refractivity contribution in [1.29, 1.82) is 0 Å². The second kappa shape index (κ2) is 3.44. The highest BCUT2D eigenvalue weighted by Crippen LogP contribution is 2.46. The number of carbonyl (C=O) groups is 1. The molecule has 0 bridgehead atoms. The molecule has 0 amide bonds. The molecular weight excluding hydrogens is 196 g/mol. The van der Waals surface area contributed by atoms with Crippen LogP contribution in [0, 0.1) is 0 Å². The van der Waals surface area contributed by atoms with Crippen molar-refractivity contribution in [1.82, 2.24) is 0 Å². The summed E-state index contributed by atoms with van der Waals surface area (Å²) in [5.74, 6) is 0.287. The lowest BCUT2D eigenvalue weighted by Crippen LogP contribution is -2.40. The van der Waals surface area contributed by atoms with E-state index in [2.05, 4.69) is 39.0 Å². The van der Waals surface area contributed by atoms with E-state index in [1.165, 1.54) is 11.1 Å². The molecule has 86 valence electrons. The van der Waals surface area contributed by atoms with Gasteiger partial charge in [0.15, 0.2) is 0 Å². The molecule has 1 aliphatic rings. The van der Waals surface area contributed by atoms with Gasteiger partial charge >= 0.3 is 0 Å². The lowest BCUT2D eigenvalue weighted by atomic mass is 9.61. The summed E-state index contributed by atoms with van der Waals surface area (Å²) in [6.07, 6.45) is 2.05. The minimum absolute atomic E-state index is 0.200. The standard InChI is InChI=1S/C15H20O/c1-11(16)15(4)10-9-14(2,3)12-7-5-6-8-13(12)15/h5-8H,9-10H2,1-4H3. The maximum atomic E-state index is 11.9.